The number of rotatable bonds is 1. The van der Waals surface area contributed by atoms with Gasteiger partial charge in [-0.1, -0.05) is 19.1 Å². The van der Waals surface area contributed by atoms with Gasteiger partial charge >= 0.3 is 0 Å². The zero-order chi connectivity index (χ0) is 9.97. The second-order valence-electron chi connectivity index (χ2n) is 4.56. The Bertz CT molecular complexity index is 212. The number of hydrogen-bond donors (Lipinski definition) is 0. The summed E-state index contributed by atoms with van der Waals surface area (Å²) < 4.78 is 11.5. The van der Waals surface area contributed by atoms with Crippen molar-refractivity contribution in [3.8, 4) is 0 Å². The quantitative estimate of drug-likeness (QED) is 0.600. The maximum Gasteiger partial charge on any atom is 0.161 e. The third kappa shape index (κ3) is 2.18. The van der Waals surface area contributed by atoms with Crippen LogP contribution in [0.1, 0.15) is 33.1 Å². The Hall–Kier alpha value is -0.340. The van der Waals surface area contributed by atoms with E-state index in [0.29, 0.717) is 17.9 Å². The van der Waals surface area contributed by atoms with Crippen LogP contribution in [0, 0.1) is 11.8 Å². The van der Waals surface area contributed by atoms with Gasteiger partial charge in [0.15, 0.2) is 6.29 Å². The SMILES string of the molecule is C[C@@H]1CCO[C@@H]([C@@H]2CC=CC[C@@H]2C)O1. The molecule has 0 spiro atoms. The topological polar surface area (TPSA) is 18.5 Å². The third-order valence-electron chi connectivity index (χ3n) is 3.34. The largest absolute Gasteiger partial charge is 0.352 e. The molecule has 1 fully saturated rings. The molecule has 0 unspecified atom stereocenters. The normalized spacial score (nSPS) is 43.9. The van der Waals surface area contributed by atoms with E-state index in [2.05, 4.69) is 26.0 Å². The maximum absolute atomic E-state index is 5.84. The molecule has 1 aliphatic heterocycles. The van der Waals surface area contributed by atoms with E-state index < -0.39 is 0 Å². The summed E-state index contributed by atoms with van der Waals surface area (Å²) in [7, 11) is 0. The van der Waals surface area contributed by atoms with Crippen molar-refractivity contribution in [3.05, 3.63) is 12.2 Å². The lowest BCUT2D eigenvalue weighted by atomic mass is 9.83. The highest BCUT2D eigenvalue weighted by Gasteiger charge is 2.32. The fraction of sp³-hybridized carbons (Fsp3) is 0.833. The van der Waals surface area contributed by atoms with E-state index in [9.17, 15) is 0 Å². The van der Waals surface area contributed by atoms with Gasteiger partial charge in [0.05, 0.1) is 12.7 Å². The van der Waals surface area contributed by atoms with Crippen LogP contribution in [0.4, 0.5) is 0 Å². The standard InChI is InChI=1S/C12H20O2/c1-9-5-3-4-6-11(9)12-13-8-7-10(2)14-12/h3-4,9-12H,5-8H2,1-2H3/t9-,10+,11+,12+/m0/s1. The van der Waals surface area contributed by atoms with Crippen LogP contribution >= 0.6 is 0 Å². The molecule has 0 bridgehead atoms. The molecule has 1 saturated heterocycles. The molecule has 0 aromatic carbocycles. The lowest BCUT2D eigenvalue weighted by Gasteiger charge is -2.37. The molecule has 0 saturated carbocycles. The van der Waals surface area contributed by atoms with E-state index in [0.717, 1.165) is 19.4 Å². The summed E-state index contributed by atoms with van der Waals surface area (Å²) >= 11 is 0. The first-order valence-electron chi connectivity index (χ1n) is 5.69. The molecule has 2 aliphatic rings. The van der Waals surface area contributed by atoms with Gasteiger partial charge in [-0.05, 0) is 32.1 Å². The number of allylic oxidation sites excluding steroid dienone is 2. The minimum Gasteiger partial charge on any atom is -0.352 e. The van der Waals surface area contributed by atoms with Gasteiger partial charge < -0.3 is 9.47 Å². The summed E-state index contributed by atoms with van der Waals surface area (Å²) in [4.78, 5) is 0. The summed E-state index contributed by atoms with van der Waals surface area (Å²) in [6.07, 6.45) is 8.25. The van der Waals surface area contributed by atoms with Gasteiger partial charge in [-0.25, -0.2) is 0 Å². The average Bonchev–Trinajstić information content (AvgIpc) is 2.18. The van der Waals surface area contributed by atoms with E-state index >= 15 is 0 Å². The summed E-state index contributed by atoms with van der Waals surface area (Å²) in [5.74, 6) is 1.25. The Morgan fingerprint density at radius 2 is 1.93 bits per heavy atom. The van der Waals surface area contributed by atoms with Gasteiger partial charge in [-0.3, -0.25) is 0 Å². The van der Waals surface area contributed by atoms with Gasteiger partial charge in [0, 0.05) is 5.92 Å². The smallest absolute Gasteiger partial charge is 0.161 e. The summed E-state index contributed by atoms with van der Waals surface area (Å²) in [5, 5.41) is 0. The van der Waals surface area contributed by atoms with Gasteiger partial charge in [-0.2, -0.15) is 0 Å². The summed E-state index contributed by atoms with van der Waals surface area (Å²) in [6.45, 7) is 5.29. The second-order valence-corrected chi connectivity index (χ2v) is 4.56. The number of ether oxygens (including phenoxy) is 2. The zero-order valence-corrected chi connectivity index (χ0v) is 9.11. The Balaban J connectivity index is 1.95. The first-order chi connectivity index (χ1) is 6.77. The lowest BCUT2D eigenvalue weighted by molar-refractivity contribution is -0.237. The van der Waals surface area contributed by atoms with Crippen molar-refractivity contribution >= 4 is 0 Å². The van der Waals surface area contributed by atoms with Crippen molar-refractivity contribution in [3.63, 3.8) is 0 Å². The zero-order valence-electron chi connectivity index (χ0n) is 9.11. The molecule has 0 N–H and O–H groups in total. The van der Waals surface area contributed by atoms with E-state index in [4.69, 9.17) is 9.47 Å². The van der Waals surface area contributed by atoms with Crippen molar-refractivity contribution in [1.29, 1.82) is 0 Å². The van der Waals surface area contributed by atoms with Crippen LogP contribution in [0.5, 0.6) is 0 Å². The summed E-state index contributed by atoms with van der Waals surface area (Å²) in [6, 6.07) is 0. The van der Waals surface area contributed by atoms with Crippen LogP contribution in [0.2, 0.25) is 0 Å². The highest BCUT2D eigenvalue weighted by atomic mass is 16.7. The van der Waals surface area contributed by atoms with Crippen LogP contribution in [0.15, 0.2) is 12.2 Å². The highest BCUT2D eigenvalue weighted by molar-refractivity contribution is 4.94. The van der Waals surface area contributed by atoms with Gasteiger partial charge in [0.25, 0.3) is 0 Å². The van der Waals surface area contributed by atoms with Crippen LogP contribution in [0.3, 0.4) is 0 Å². The van der Waals surface area contributed by atoms with E-state index in [1.165, 1.54) is 6.42 Å². The molecule has 14 heavy (non-hydrogen) atoms. The Labute approximate surface area is 86.3 Å². The minimum atomic E-state index is 0.0405. The molecule has 80 valence electrons. The lowest BCUT2D eigenvalue weighted by Crippen LogP contribution is -2.39. The molecule has 2 nitrogen and oxygen atoms in total. The van der Waals surface area contributed by atoms with Crippen molar-refractivity contribution < 1.29 is 9.47 Å². The Kier molecular flexibility index (Phi) is 3.24. The van der Waals surface area contributed by atoms with Crippen LogP contribution < -0.4 is 0 Å². The average molecular weight is 196 g/mol. The van der Waals surface area contributed by atoms with Crippen LogP contribution in [-0.2, 0) is 9.47 Å². The van der Waals surface area contributed by atoms with Crippen molar-refractivity contribution in [2.24, 2.45) is 11.8 Å². The van der Waals surface area contributed by atoms with Crippen LogP contribution in [0.25, 0.3) is 0 Å². The predicted molar refractivity (Wildman–Crippen MR) is 55.9 cm³/mol. The Morgan fingerprint density at radius 1 is 1.14 bits per heavy atom. The van der Waals surface area contributed by atoms with Gasteiger partial charge in [0.1, 0.15) is 0 Å². The summed E-state index contributed by atoms with van der Waals surface area (Å²) in [5.41, 5.74) is 0. The molecule has 1 heterocycles. The molecule has 0 amide bonds. The molecule has 2 heteroatoms. The third-order valence-corrected chi connectivity index (χ3v) is 3.34. The van der Waals surface area contributed by atoms with Crippen molar-refractivity contribution in [2.75, 3.05) is 6.61 Å². The van der Waals surface area contributed by atoms with E-state index in [-0.39, 0.29) is 6.29 Å². The molecular formula is C12H20O2. The molecule has 4 atom stereocenters. The molecule has 0 aromatic rings. The van der Waals surface area contributed by atoms with Gasteiger partial charge in [-0.15, -0.1) is 0 Å². The highest BCUT2D eigenvalue weighted by Crippen LogP contribution is 2.32. The van der Waals surface area contributed by atoms with Crippen molar-refractivity contribution in [2.45, 2.75) is 45.5 Å². The first kappa shape index (κ1) is 10.2. The molecule has 2 rings (SSSR count). The predicted octanol–water partition coefficient (Wildman–Crippen LogP) is 2.74. The molecule has 0 aromatic heterocycles. The molecule has 0 radical (unpaired) electrons. The fourth-order valence-corrected chi connectivity index (χ4v) is 2.26. The molecular weight excluding hydrogens is 176 g/mol. The van der Waals surface area contributed by atoms with E-state index in [1.54, 1.807) is 0 Å². The number of hydrogen-bond acceptors (Lipinski definition) is 2. The maximum atomic E-state index is 5.84. The monoisotopic (exact) mass is 196 g/mol. The fourth-order valence-electron chi connectivity index (χ4n) is 2.26. The molecule has 1 aliphatic carbocycles. The Morgan fingerprint density at radius 3 is 2.64 bits per heavy atom. The van der Waals surface area contributed by atoms with Crippen molar-refractivity contribution in [1.82, 2.24) is 0 Å². The van der Waals surface area contributed by atoms with Crippen LogP contribution in [-0.4, -0.2) is 19.0 Å². The minimum absolute atomic E-state index is 0.0405. The van der Waals surface area contributed by atoms with E-state index in [1.807, 2.05) is 0 Å². The first-order valence-corrected chi connectivity index (χ1v) is 5.69. The van der Waals surface area contributed by atoms with Gasteiger partial charge in [0.2, 0.25) is 0 Å². The second kappa shape index (κ2) is 4.45.